The average Bonchev–Trinajstić information content (AvgIpc) is 2.80. The Morgan fingerprint density at radius 3 is 2.24 bits per heavy atom. The molecular weight excluding hydrogens is 408 g/mol. The van der Waals surface area contributed by atoms with Gasteiger partial charge in [-0.15, -0.1) is 0 Å². The number of unbranched alkanes of at least 4 members (excludes halogenated alkanes) is 7. The fraction of sp³-hybridized carbons (Fsp3) is 0.448. The number of aryl methyl sites for hydroxylation is 2. The highest BCUT2D eigenvalue weighted by Gasteiger charge is 2.13. The number of benzene rings is 2. The van der Waals surface area contributed by atoms with Gasteiger partial charge in [0.2, 0.25) is 0 Å². The minimum atomic E-state index is -0.864. The van der Waals surface area contributed by atoms with Crippen molar-refractivity contribution in [2.45, 2.75) is 71.6 Å². The number of anilines is 1. The van der Waals surface area contributed by atoms with Gasteiger partial charge in [0, 0.05) is 12.4 Å². The van der Waals surface area contributed by atoms with E-state index >= 15 is 0 Å². The van der Waals surface area contributed by atoms with Crippen LogP contribution in [0.4, 0.5) is 5.82 Å². The molecule has 0 aliphatic heterocycles. The molecule has 0 atom stereocenters. The second-order valence-electron chi connectivity index (χ2n) is 9.22. The summed E-state index contributed by atoms with van der Waals surface area (Å²) in [5.41, 5.74) is 5.69. The Balaban J connectivity index is 1.80. The molecular formula is C29H38N2O2. The van der Waals surface area contributed by atoms with Crippen LogP contribution in [0.25, 0.3) is 22.0 Å². The lowest BCUT2D eigenvalue weighted by molar-refractivity contribution is -0.135. The molecule has 3 aromatic rings. The fourth-order valence-electron chi connectivity index (χ4n) is 4.33. The van der Waals surface area contributed by atoms with Gasteiger partial charge in [-0.05, 0) is 54.7 Å². The van der Waals surface area contributed by atoms with E-state index in [0.29, 0.717) is 5.82 Å². The van der Waals surface area contributed by atoms with Crippen molar-refractivity contribution in [2.75, 3.05) is 18.5 Å². The van der Waals surface area contributed by atoms with E-state index in [9.17, 15) is 9.90 Å². The minimum absolute atomic E-state index is 0.0810. The smallest absolute Gasteiger partial charge is 0.323 e. The van der Waals surface area contributed by atoms with Crippen molar-refractivity contribution in [3.05, 3.63) is 59.7 Å². The molecule has 3 rings (SSSR count). The predicted molar refractivity (Wildman–Crippen MR) is 139 cm³/mol. The van der Waals surface area contributed by atoms with Gasteiger partial charge < -0.3 is 10.0 Å². The largest absolute Gasteiger partial charge is 0.480 e. The van der Waals surface area contributed by atoms with Crippen LogP contribution >= 0.6 is 0 Å². The molecule has 4 heteroatoms. The van der Waals surface area contributed by atoms with Gasteiger partial charge in [0.05, 0.1) is 5.52 Å². The molecule has 1 heterocycles. The van der Waals surface area contributed by atoms with Gasteiger partial charge in [0.25, 0.3) is 0 Å². The Morgan fingerprint density at radius 1 is 0.909 bits per heavy atom. The first-order valence-electron chi connectivity index (χ1n) is 12.4. The van der Waals surface area contributed by atoms with Gasteiger partial charge in [0.1, 0.15) is 12.4 Å². The summed E-state index contributed by atoms with van der Waals surface area (Å²) < 4.78 is 0. The number of aromatic nitrogens is 1. The second kappa shape index (κ2) is 12.4. The van der Waals surface area contributed by atoms with Crippen LogP contribution < -0.4 is 4.90 Å². The molecule has 33 heavy (non-hydrogen) atoms. The number of hydrogen-bond acceptors (Lipinski definition) is 3. The summed E-state index contributed by atoms with van der Waals surface area (Å²) in [4.78, 5) is 17.7. The number of likely N-dealkylation sites (N-methyl/N-ethyl adjacent to an activating group) is 1. The maximum absolute atomic E-state index is 11.2. The van der Waals surface area contributed by atoms with Crippen LogP contribution in [0, 0.1) is 6.92 Å². The number of carboxylic acid groups (broad SMARTS) is 1. The molecule has 0 unspecified atom stereocenters. The highest BCUT2D eigenvalue weighted by Crippen LogP contribution is 2.32. The van der Waals surface area contributed by atoms with E-state index in [-0.39, 0.29) is 6.54 Å². The summed E-state index contributed by atoms with van der Waals surface area (Å²) in [5, 5.41) is 10.3. The van der Waals surface area contributed by atoms with Crippen LogP contribution in [0.15, 0.2) is 48.5 Å². The first-order chi connectivity index (χ1) is 16.0. The standard InChI is InChI=1S/C29H38N2O2/c1-4-5-6-7-8-9-10-11-12-23-15-18-27-26(19-23)25(24-16-13-22(2)14-17-24)20-28(30-27)31(3)21-29(32)33/h13-20H,4-12,21H2,1-3H3,(H,32,33). The van der Waals surface area contributed by atoms with Crippen LogP contribution in [-0.2, 0) is 11.2 Å². The Bertz CT molecular complexity index is 1040. The fourth-order valence-corrected chi connectivity index (χ4v) is 4.33. The molecule has 0 spiro atoms. The zero-order chi connectivity index (χ0) is 23.6. The summed E-state index contributed by atoms with van der Waals surface area (Å²) in [6.45, 7) is 4.27. The first-order valence-corrected chi connectivity index (χ1v) is 12.4. The number of aliphatic carboxylic acids is 1. The quantitative estimate of drug-likeness (QED) is 0.278. The topological polar surface area (TPSA) is 53.4 Å². The van der Waals surface area contributed by atoms with Crippen molar-refractivity contribution in [1.29, 1.82) is 0 Å². The molecule has 0 fully saturated rings. The molecule has 176 valence electrons. The molecule has 1 N–H and O–H groups in total. The predicted octanol–water partition coefficient (Wildman–Crippen LogP) is 7.41. The molecule has 0 saturated carbocycles. The third-order valence-electron chi connectivity index (χ3n) is 6.30. The number of carbonyl (C=O) groups is 1. The monoisotopic (exact) mass is 446 g/mol. The van der Waals surface area contributed by atoms with Crippen LogP contribution in [-0.4, -0.2) is 29.7 Å². The maximum Gasteiger partial charge on any atom is 0.323 e. The van der Waals surface area contributed by atoms with Crippen LogP contribution in [0.1, 0.15) is 69.4 Å². The van der Waals surface area contributed by atoms with Crippen molar-refractivity contribution in [3.8, 4) is 11.1 Å². The third kappa shape index (κ3) is 7.31. The molecule has 1 aromatic heterocycles. The van der Waals surface area contributed by atoms with Crippen molar-refractivity contribution < 1.29 is 9.90 Å². The van der Waals surface area contributed by atoms with Crippen molar-refractivity contribution >= 4 is 22.7 Å². The van der Waals surface area contributed by atoms with E-state index in [2.05, 4.69) is 56.3 Å². The van der Waals surface area contributed by atoms with E-state index < -0.39 is 5.97 Å². The highest BCUT2D eigenvalue weighted by atomic mass is 16.4. The zero-order valence-electron chi connectivity index (χ0n) is 20.4. The van der Waals surface area contributed by atoms with Crippen molar-refractivity contribution in [2.24, 2.45) is 0 Å². The molecule has 0 amide bonds. The molecule has 0 aliphatic rings. The zero-order valence-corrected chi connectivity index (χ0v) is 20.4. The summed E-state index contributed by atoms with van der Waals surface area (Å²) in [5.74, 6) is -0.187. The molecule has 0 saturated heterocycles. The van der Waals surface area contributed by atoms with E-state index in [1.807, 2.05) is 6.07 Å². The SMILES string of the molecule is CCCCCCCCCCc1ccc2nc(N(C)CC(=O)O)cc(-c3ccc(C)cc3)c2c1. The number of fused-ring (bicyclic) bond motifs is 1. The Kier molecular flexibility index (Phi) is 9.29. The van der Waals surface area contributed by atoms with Gasteiger partial charge in [-0.3, -0.25) is 4.79 Å². The van der Waals surface area contributed by atoms with Crippen molar-refractivity contribution in [3.63, 3.8) is 0 Å². The number of nitrogens with zero attached hydrogens (tertiary/aromatic N) is 2. The Morgan fingerprint density at radius 2 is 1.58 bits per heavy atom. The van der Waals surface area contributed by atoms with Crippen LogP contribution in [0.5, 0.6) is 0 Å². The molecule has 4 nitrogen and oxygen atoms in total. The summed E-state index contributed by atoms with van der Waals surface area (Å²) in [6.07, 6.45) is 11.7. The summed E-state index contributed by atoms with van der Waals surface area (Å²) in [6, 6.07) is 17.1. The van der Waals surface area contributed by atoms with Gasteiger partial charge in [-0.2, -0.15) is 0 Å². The number of hydrogen-bond donors (Lipinski definition) is 1. The van der Waals surface area contributed by atoms with E-state index in [4.69, 9.17) is 4.98 Å². The maximum atomic E-state index is 11.2. The number of pyridine rings is 1. The molecule has 0 bridgehead atoms. The summed E-state index contributed by atoms with van der Waals surface area (Å²) >= 11 is 0. The highest BCUT2D eigenvalue weighted by molar-refractivity contribution is 5.96. The Hall–Kier alpha value is -2.88. The Labute approximate surface area is 198 Å². The third-order valence-corrected chi connectivity index (χ3v) is 6.30. The average molecular weight is 447 g/mol. The number of carboxylic acids is 1. The lowest BCUT2D eigenvalue weighted by Gasteiger charge is -2.19. The van der Waals surface area contributed by atoms with Gasteiger partial charge in [-0.25, -0.2) is 4.98 Å². The van der Waals surface area contributed by atoms with E-state index in [1.165, 1.54) is 62.5 Å². The lowest BCUT2D eigenvalue weighted by atomic mass is 9.97. The molecule has 0 radical (unpaired) electrons. The normalized spacial score (nSPS) is 11.1. The van der Waals surface area contributed by atoms with Gasteiger partial charge >= 0.3 is 5.97 Å². The first kappa shape index (κ1) is 24.8. The van der Waals surface area contributed by atoms with Gasteiger partial charge in [0.15, 0.2) is 0 Å². The van der Waals surface area contributed by atoms with E-state index in [1.54, 1.807) is 11.9 Å². The van der Waals surface area contributed by atoms with Crippen LogP contribution in [0.2, 0.25) is 0 Å². The second-order valence-corrected chi connectivity index (χ2v) is 9.22. The van der Waals surface area contributed by atoms with Gasteiger partial charge in [-0.1, -0.05) is 87.8 Å². The van der Waals surface area contributed by atoms with E-state index in [0.717, 1.165) is 28.5 Å². The van der Waals surface area contributed by atoms with Crippen molar-refractivity contribution in [1.82, 2.24) is 4.98 Å². The van der Waals surface area contributed by atoms with Crippen LogP contribution in [0.3, 0.4) is 0 Å². The molecule has 0 aliphatic carbocycles. The lowest BCUT2D eigenvalue weighted by Crippen LogP contribution is -2.26. The minimum Gasteiger partial charge on any atom is -0.480 e. The molecule has 2 aromatic carbocycles. The summed E-state index contributed by atoms with van der Waals surface area (Å²) in [7, 11) is 1.78. The number of rotatable bonds is 13.